The molecule has 3 aromatic rings. The van der Waals surface area contributed by atoms with E-state index in [0.717, 1.165) is 5.39 Å². The molecule has 122 valence electrons. The maximum Gasteiger partial charge on any atom is 0.339 e. The molecule has 0 amide bonds. The number of aromatic nitrogens is 1. The van der Waals surface area contributed by atoms with E-state index in [2.05, 4.69) is 14.4 Å². The van der Waals surface area contributed by atoms with Crippen LogP contribution in [0.1, 0.15) is 10.4 Å². The molecule has 1 aromatic heterocycles. The highest BCUT2D eigenvalue weighted by Crippen LogP contribution is 2.26. The van der Waals surface area contributed by atoms with Gasteiger partial charge in [0.2, 0.25) is 0 Å². The number of pyridine rings is 1. The third kappa shape index (κ3) is 2.93. The van der Waals surface area contributed by atoms with Gasteiger partial charge in [-0.1, -0.05) is 24.3 Å². The van der Waals surface area contributed by atoms with Gasteiger partial charge in [0, 0.05) is 23.2 Å². The van der Waals surface area contributed by atoms with Crippen LogP contribution in [0.15, 0.2) is 65.8 Å². The summed E-state index contributed by atoms with van der Waals surface area (Å²) in [5.41, 5.74) is 0.393. The summed E-state index contributed by atoms with van der Waals surface area (Å²) in [6.45, 7) is 0. The van der Waals surface area contributed by atoms with Crippen molar-refractivity contribution in [3.8, 4) is 0 Å². The fraction of sp³-hybridized carbons (Fsp3) is 0.0588. The number of rotatable bonds is 4. The molecule has 0 unspecified atom stereocenters. The molecule has 0 atom stereocenters. The second-order valence-corrected chi connectivity index (χ2v) is 6.65. The van der Waals surface area contributed by atoms with Crippen molar-refractivity contribution >= 4 is 32.5 Å². The number of nitrogens with one attached hydrogen (secondary N) is 1. The molecule has 0 saturated heterocycles. The minimum Gasteiger partial charge on any atom is -0.465 e. The van der Waals surface area contributed by atoms with Crippen molar-refractivity contribution in [1.29, 1.82) is 0 Å². The molecule has 0 aliphatic rings. The van der Waals surface area contributed by atoms with Crippen molar-refractivity contribution in [3.05, 3.63) is 66.5 Å². The largest absolute Gasteiger partial charge is 0.465 e. The molecule has 1 N–H and O–H groups in total. The summed E-state index contributed by atoms with van der Waals surface area (Å²) in [6, 6.07) is 12.8. The standard InChI is InChI=1S/C17H14N2O4S/c1-23-17(20)14-6-2-3-8-16(14)24(21,22)19-15-7-4-5-12-11-18-10-9-13(12)15/h2-11,19H,1H3. The van der Waals surface area contributed by atoms with Crippen molar-refractivity contribution in [1.82, 2.24) is 4.98 Å². The number of sulfonamides is 1. The van der Waals surface area contributed by atoms with Gasteiger partial charge < -0.3 is 4.74 Å². The number of ether oxygens (including phenoxy) is 1. The van der Waals surface area contributed by atoms with Crippen LogP contribution in [-0.2, 0) is 14.8 Å². The number of nitrogens with zero attached hydrogens (tertiary/aromatic N) is 1. The summed E-state index contributed by atoms with van der Waals surface area (Å²) in [5, 5.41) is 1.52. The maximum absolute atomic E-state index is 12.8. The Hall–Kier alpha value is -2.93. The van der Waals surface area contributed by atoms with Crippen LogP contribution in [0.25, 0.3) is 10.8 Å². The Bertz CT molecular complexity index is 1010. The second kappa shape index (κ2) is 6.29. The molecule has 1 heterocycles. The van der Waals surface area contributed by atoms with E-state index in [1.54, 1.807) is 42.7 Å². The number of esters is 1. The molecule has 0 aliphatic carbocycles. The lowest BCUT2D eigenvalue weighted by atomic mass is 10.1. The summed E-state index contributed by atoms with van der Waals surface area (Å²) in [7, 11) is -2.76. The highest BCUT2D eigenvalue weighted by Gasteiger charge is 2.23. The Morgan fingerprint density at radius 1 is 1.08 bits per heavy atom. The number of hydrogen-bond acceptors (Lipinski definition) is 5. The van der Waals surface area contributed by atoms with Crippen LogP contribution in [-0.4, -0.2) is 26.5 Å². The number of carbonyl (C=O) groups is 1. The molecule has 0 fully saturated rings. The molecule has 0 radical (unpaired) electrons. The highest BCUT2D eigenvalue weighted by atomic mass is 32.2. The smallest absolute Gasteiger partial charge is 0.339 e. The lowest BCUT2D eigenvalue weighted by Crippen LogP contribution is -2.17. The predicted octanol–water partition coefficient (Wildman–Crippen LogP) is 2.82. The minimum atomic E-state index is -3.96. The normalized spacial score (nSPS) is 11.2. The molecular weight excluding hydrogens is 328 g/mol. The van der Waals surface area contributed by atoms with Gasteiger partial charge in [0.1, 0.15) is 4.90 Å². The van der Waals surface area contributed by atoms with E-state index >= 15 is 0 Å². The van der Waals surface area contributed by atoms with Gasteiger partial charge in [0.05, 0.1) is 18.4 Å². The number of anilines is 1. The molecule has 0 saturated carbocycles. The predicted molar refractivity (Wildman–Crippen MR) is 90.3 cm³/mol. The Morgan fingerprint density at radius 2 is 1.88 bits per heavy atom. The maximum atomic E-state index is 12.8. The topological polar surface area (TPSA) is 85.4 Å². The van der Waals surface area contributed by atoms with E-state index in [1.807, 2.05) is 6.07 Å². The van der Waals surface area contributed by atoms with Crippen molar-refractivity contribution in [2.45, 2.75) is 4.90 Å². The van der Waals surface area contributed by atoms with Crippen molar-refractivity contribution in [2.75, 3.05) is 11.8 Å². The first-order valence-electron chi connectivity index (χ1n) is 7.06. The average molecular weight is 342 g/mol. The molecule has 7 heteroatoms. The lowest BCUT2D eigenvalue weighted by molar-refractivity contribution is 0.0596. The first-order valence-corrected chi connectivity index (χ1v) is 8.54. The second-order valence-electron chi connectivity index (χ2n) is 5.00. The molecule has 0 bridgehead atoms. The van der Waals surface area contributed by atoms with Gasteiger partial charge in [-0.15, -0.1) is 0 Å². The van der Waals surface area contributed by atoms with Gasteiger partial charge in [-0.2, -0.15) is 0 Å². The number of methoxy groups -OCH3 is 1. The molecule has 6 nitrogen and oxygen atoms in total. The lowest BCUT2D eigenvalue weighted by Gasteiger charge is -2.12. The summed E-state index contributed by atoms with van der Waals surface area (Å²) in [6.07, 6.45) is 3.23. The molecule has 24 heavy (non-hydrogen) atoms. The first kappa shape index (κ1) is 15.9. The summed E-state index contributed by atoms with van der Waals surface area (Å²) >= 11 is 0. The van der Waals surface area contributed by atoms with Crippen molar-refractivity contribution in [2.24, 2.45) is 0 Å². The summed E-state index contributed by atoms with van der Waals surface area (Å²) < 4.78 is 32.7. The van der Waals surface area contributed by atoms with Crippen LogP contribution in [0.5, 0.6) is 0 Å². The van der Waals surface area contributed by atoms with Crippen LogP contribution < -0.4 is 4.72 Å². The Kier molecular flexibility index (Phi) is 4.18. The van der Waals surface area contributed by atoms with Gasteiger partial charge in [-0.25, -0.2) is 13.2 Å². The number of hydrogen-bond donors (Lipinski definition) is 1. The van der Waals surface area contributed by atoms with E-state index in [-0.39, 0.29) is 10.5 Å². The van der Waals surface area contributed by atoms with E-state index in [1.165, 1.54) is 19.2 Å². The molecular formula is C17H14N2O4S. The Balaban J connectivity index is 2.08. The zero-order chi connectivity index (χ0) is 17.2. The number of fused-ring (bicyclic) bond motifs is 1. The van der Waals surface area contributed by atoms with E-state index in [0.29, 0.717) is 11.1 Å². The fourth-order valence-corrected chi connectivity index (χ4v) is 3.67. The third-order valence-electron chi connectivity index (χ3n) is 3.51. The van der Waals surface area contributed by atoms with Crippen LogP contribution in [0, 0.1) is 0 Å². The Morgan fingerprint density at radius 3 is 2.67 bits per heavy atom. The van der Waals surface area contributed by atoms with E-state index < -0.39 is 16.0 Å². The van der Waals surface area contributed by atoms with Crippen LogP contribution in [0.4, 0.5) is 5.69 Å². The zero-order valence-corrected chi connectivity index (χ0v) is 13.6. The van der Waals surface area contributed by atoms with Crippen molar-refractivity contribution in [3.63, 3.8) is 0 Å². The first-order chi connectivity index (χ1) is 11.5. The van der Waals surface area contributed by atoms with Crippen molar-refractivity contribution < 1.29 is 17.9 Å². The monoisotopic (exact) mass is 342 g/mol. The third-order valence-corrected chi connectivity index (χ3v) is 4.93. The zero-order valence-electron chi connectivity index (χ0n) is 12.8. The number of benzene rings is 2. The van der Waals surface area contributed by atoms with Crippen LogP contribution in [0.2, 0.25) is 0 Å². The molecule has 0 aliphatic heterocycles. The molecule has 0 spiro atoms. The van der Waals surface area contributed by atoms with Gasteiger partial charge in [0.25, 0.3) is 10.0 Å². The van der Waals surface area contributed by atoms with Crippen LogP contribution >= 0.6 is 0 Å². The van der Waals surface area contributed by atoms with Gasteiger partial charge in [-0.05, 0) is 24.3 Å². The SMILES string of the molecule is COC(=O)c1ccccc1S(=O)(=O)Nc1cccc2cnccc12. The number of carbonyl (C=O) groups excluding carboxylic acids is 1. The summed E-state index contributed by atoms with van der Waals surface area (Å²) in [4.78, 5) is 15.7. The van der Waals surface area contributed by atoms with Gasteiger partial charge in [-0.3, -0.25) is 9.71 Å². The van der Waals surface area contributed by atoms with Gasteiger partial charge >= 0.3 is 5.97 Å². The minimum absolute atomic E-state index is 0.0191. The van der Waals surface area contributed by atoms with E-state index in [4.69, 9.17) is 0 Å². The molecule has 3 rings (SSSR count). The fourth-order valence-electron chi connectivity index (χ4n) is 2.39. The Labute approximate surface area is 139 Å². The highest BCUT2D eigenvalue weighted by molar-refractivity contribution is 7.92. The average Bonchev–Trinajstić information content (AvgIpc) is 2.61. The van der Waals surface area contributed by atoms with Gasteiger partial charge in [0.15, 0.2) is 0 Å². The quantitative estimate of drug-likeness (QED) is 0.737. The summed E-state index contributed by atoms with van der Waals surface area (Å²) in [5.74, 6) is -0.710. The molecule has 2 aromatic carbocycles. The van der Waals surface area contributed by atoms with E-state index in [9.17, 15) is 13.2 Å². The van der Waals surface area contributed by atoms with Crippen LogP contribution in [0.3, 0.4) is 0 Å².